The molecule has 0 saturated heterocycles. The number of aromatic nitrogens is 2. The van der Waals surface area contributed by atoms with Crippen LogP contribution >= 0.6 is 22.7 Å². The zero-order chi connectivity index (χ0) is 20.8. The van der Waals surface area contributed by atoms with Crippen molar-refractivity contribution in [3.05, 3.63) is 51.6 Å². The van der Waals surface area contributed by atoms with Gasteiger partial charge in [-0.05, 0) is 56.7 Å². The van der Waals surface area contributed by atoms with E-state index in [1.807, 2.05) is 11.5 Å². The van der Waals surface area contributed by atoms with E-state index in [2.05, 4.69) is 46.8 Å². The molecule has 4 N–H and O–H groups in total. The predicted octanol–water partition coefficient (Wildman–Crippen LogP) is 3.76. The number of hydrogen-bond donors (Lipinski definition) is 1. The van der Waals surface area contributed by atoms with Crippen LogP contribution in [0.2, 0.25) is 0 Å². The number of fused-ring (bicyclic) bond motifs is 2. The van der Waals surface area contributed by atoms with E-state index >= 15 is 0 Å². The Labute approximate surface area is 181 Å². The van der Waals surface area contributed by atoms with Crippen LogP contribution in [0.5, 0.6) is 0 Å². The number of quaternary nitrogens is 1. The first kappa shape index (κ1) is 22.4. The van der Waals surface area contributed by atoms with Gasteiger partial charge in [0.25, 0.3) is 0 Å². The Morgan fingerprint density at radius 3 is 1.90 bits per heavy atom. The lowest BCUT2D eigenvalue weighted by Crippen LogP contribution is -2.16. The third kappa shape index (κ3) is 3.98. The number of aryl methyl sites for hydroxylation is 3. The van der Waals surface area contributed by atoms with Gasteiger partial charge in [0.15, 0.2) is 0 Å². The lowest BCUT2D eigenvalue weighted by atomic mass is 10.2. The highest BCUT2D eigenvalue weighted by Gasteiger charge is 2.09. The smallest absolute Gasteiger partial charge is 0.211 e. The highest BCUT2D eigenvalue weighted by atomic mass is 32.2. The third-order valence-electron chi connectivity index (χ3n) is 4.63. The molecular formula is C19H23N5O3S3. The van der Waals surface area contributed by atoms with Gasteiger partial charge in [0.05, 0.1) is 25.3 Å². The molecule has 0 aliphatic heterocycles. The van der Waals surface area contributed by atoms with Crippen molar-refractivity contribution in [3.63, 3.8) is 0 Å². The van der Waals surface area contributed by atoms with Crippen LogP contribution < -0.4 is 15.8 Å². The van der Waals surface area contributed by atoms with Crippen LogP contribution in [-0.4, -0.2) is 22.1 Å². The predicted molar refractivity (Wildman–Crippen MR) is 121 cm³/mol. The van der Waals surface area contributed by atoms with Gasteiger partial charge in [-0.3, -0.25) is 0 Å². The van der Waals surface area contributed by atoms with Crippen molar-refractivity contribution in [1.82, 2.24) is 15.3 Å². The van der Waals surface area contributed by atoms with Gasteiger partial charge in [-0.15, -0.1) is 10.2 Å². The molecule has 2 heterocycles. The molecule has 4 aromatic rings. The standard InChI is InChI=1S/C19H20N4O3S3.H3N/c1-4-22-14-8-6-12(3)10-16(14)27-18(22)20-21-19-23(5-2)15-9-7-13(29(24,25)26)11-17(15)28-19;/h6-11H,4-5H2,1-3H3,(H,24,25,26);1H3. The van der Waals surface area contributed by atoms with Gasteiger partial charge < -0.3 is 19.8 Å². The van der Waals surface area contributed by atoms with Crippen LogP contribution in [0.1, 0.15) is 19.4 Å². The average molecular weight is 466 g/mol. The molecule has 0 saturated carbocycles. The summed E-state index contributed by atoms with van der Waals surface area (Å²) in [5.41, 5.74) is 3.15. The largest absolute Gasteiger partial charge is 0.744 e. The Balaban J connectivity index is 0.00000256. The molecule has 0 aliphatic rings. The van der Waals surface area contributed by atoms with Gasteiger partial charge in [-0.25, -0.2) is 8.42 Å². The van der Waals surface area contributed by atoms with Crippen molar-refractivity contribution in [2.75, 3.05) is 0 Å². The fraction of sp³-hybridized carbons (Fsp3) is 0.263. The van der Waals surface area contributed by atoms with Crippen LogP contribution in [0.4, 0.5) is 0 Å². The summed E-state index contributed by atoms with van der Waals surface area (Å²) in [7, 11) is -4.50. The Kier molecular flexibility index (Phi) is 6.29. The quantitative estimate of drug-likeness (QED) is 0.364. The molecule has 2 aromatic carbocycles. The molecule has 0 aliphatic carbocycles. The Hall–Kier alpha value is -2.31. The van der Waals surface area contributed by atoms with Gasteiger partial charge in [-0.2, -0.15) is 0 Å². The summed E-state index contributed by atoms with van der Waals surface area (Å²) >= 11 is 2.90. The topological polar surface area (TPSA) is 128 Å². The van der Waals surface area contributed by atoms with E-state index in [4.69, 9.17) is 0 Å². The highest BCUT2D eigenvalue weighted by molar-refractivity contribution is 7.85. The summed E-state index contributed by atoms with van der Waals surface area (Å²) < 4.78 is 39.9. The van der Waals surface area contributed by atoms with Crippen molar-refractivity contribution in [3.8, 4) is 0 Å². The van der Waals surface area contributed by atoms with Gasteiger partial charge >= 0.3 is 0 Å². The van der Waals surface area contributed by atoms with Crippen LogP contribution in [0.25, 0.3) is 20.4 Å². The van der Waals surface area contributed by atoms with Crippen molar-refractivity contribution in [2.45, 2.75) is 38.8 Å². The summed E-state index contributed by atoms with van der Waals surface area (Å²) in [6, 6.07) is 10.7. The molecule has 11 heteroatoms. The van der Waals surface area contributed by atoms with E-state index in [1.54, 1.807) is 17.4 Å². The molecular weight excluding hydrogens is 442 g/mol. The molecule has 0 unspecified atom stereocenters. The second-order valence-electron chi connectivity index (χ2n) is 6.51. The molecule has 8 nitrogen and oxygen atoms in total. The maximum Gasteiger partial charge on any atom is 0.211 e. The van der Waals surface area contributed by atoms with E-state index in [0.717, 1.165) is 27.1 Å². The average Bonchev–Trinajstić information content (AvgIpc) is 3.21. The number of thiazole rings is 2. The molecule has 2 aromatic heterocycles. The summed E-state index contributed by atoms with van der Waals surface area (Å²) in [4.78, 5) is 1.22. The highest BCUT2D eigenvalue weighted by Crippen LogP contribution is 2.22. The van der Waals surface area contributed by atoms with E-state index in [9.17, 15) is 13.0 Å². The molecule has 0 spiro atoms. The number of hydrogen-bond acceptors (Lipinski definition) is 7. The van der Waals surface area contributed by atoms with Crippen LogP contribution in [0, 0.1) is 6.92 Å². The van der Waals surface area contributed by atoms with Gasteiger partial charge in [0, 0.05) is 13.1 Å². The molecule has 0 fully saturated rings. The van der Waals surface area contributed by atoms with E-state index in [0.29, 0.717) is 16.0 Å². The molecule has 4 rings (SSSR count). The van der Waals surface area contributed by atoms with Crippen molar-refractivity contribution >= 4 is 53.2 Å². The number of benzene rings is 2. The first-order valence-corrected chi connectivity index (χ1v) is 12.1. The molecule has 30 heavy (non-hydrogen) atoms. The maximum absolute atomic E-state index is 11.3. The third-order valence-corrected chi connectivity index (χ3v) is 7.53. The molecule has 0 atom stereocenters. The van der Waals surface area contributed by atoms with Gasteiger partial charge in [-0.1, -0.05) is 28.7 Å². The van der Waals surface area contributed by atoms with Crippen LogP contribution in [-0.2, 0) is 23.2 Å². The second kappa shape index (κ2) is 8.44. The zero-order valence-corrected chi connectivity index (χ0v) is 19.6. The van der Waals surface area contributed by atoms with Crippen molar-refractivity contribution < 1.29 is 13.0 Å². The van der Waals surface area contributed by atoms with E-state index in [1.165, 1.54) is 29.0 Å². The minimum Gasteiger partial charge on any atom is -0.744 e. The van der Waals surface area contributed by atoms with Crippen LogP contribution in [0.15, 0.2) is 51.5 Å². The zero-order valence-electron chi connectivity index (χ0n) is 17.1. The minimum atomic E-state index is -4.50. The first-order valence-electron chi connectivity index (χ1n) is 9.08. The fourth-order valence-corrected chi connectivity index (χ4v) is 6.04. The summed E-state index contributed by atoms with van der Waals surface area (Å²) in [6.07, 6.45) is 0. The summed E-state index contributed by atoms with van der Waals surface area (Å²) in [6.45, 7) is 7.55. The SMILES string of the molecule is CCn1c(=NN=c2sc3cc(S(=O)(=O)[O-])ccc3n2CC)sc2cc(C)ccc21.[NH4+]. The first-order chi connectivity index (χ1) is 13.8. The van der Waals surface area contributed by atoms with E-state index in [-0.39, 0.29) is 11.0 Å². The lowest BCUT2D eigenvalue weighted by Gasteiger charge is -2.06. The molecule has 0 bridgehead atoms. The van der Waals surface area contributed by atoms with Crippen LogP contribution in [0.3, 0.4) is 0 Å². The Morgan fingerprint density at radius 1 is 0.900 bits per heavy atom. The second-order valence-corrected chi connectivity index (χ2v) is 9.91. The number of rotatable bonds is 4. The molecule has 0 radical (unpaired) electrons. The molecule has 0 amide bonds. The minimum absolute atomic E-state index is 0. The monoisotopic (exact) mass is 465 g/mol. The van der Waals surface area contributed by atoms with Gasteiger partial charge in [0.1, 0.15) is 10.1 Å². The van der Waals surface area contributed by atoms with Crippen molar-refractivity contribution in [1.29, 1.82) is 0 Å². The Morgan fingerprint density at radius 2 is 1.40 bits per heavy atom. The fourth-order valence-electron chi connectivity index (χ4n) is 3.24. The number of nitrogens with zero attached hydrogens (tertiary/aromatic N) is 4. The molecule has 160 valence electrons. The maximum atomic E-state index is 11.3. The summed E-state index contributed by atoms with van der Waals surface area (Å²) in [5.74, 6) is 0. The summed E-state index contributed by atoms with van der Waals surface area (Å²) in [5, 5.41) is 8.98. The Bertz CT molecular complexity index is 1470. The lowest BCUT2D eigenvalue weighted by molar-refractivity contribution is 0.463. The van der Waals surface area contributed by atoms with E-state index < -0.39 is 10.1 Å². The van der Waals surface area contributed by atoms with Gasteiger partial charge in [0.2, 0.25) is 9.60 Å². The van der Waals surface area contributed by atoms with Crippen molar-refractivity contribution in [2.24, 2.45) is 10.2 Å². The normalized spacial score (nSPS) is 13.3.